The van der Waals surface area contributed by atoms with Gasteiger partial charge in [0.1, 0.15) is 0 Å². The highest BCUT2D eigenvalue weighted by molar-refractivity contribution is 4.94. The molecule has 0 saturated heterocycles. The van der Waals surface area contributed by atoms with Gasteiger partial charge in [0.2, 0.25) is 5.89 Å². The van der Waals surface area contributed by atoms with E-state index in [0.29, 0.717) is 12.3 Å². The molecular formula is C11H17N4O2+. The van der Waals surface area contributed by atoms with Crippen molar-refractivity contribution in [1.29, 1.82) is 0 Å². The van der Waals surface area contributed by atoms with E-state index in [-0.39, 0.29) is 11.3 Å². The Bertz CT molecular complexity index is 470. The van der Waals surface area contributed by atoms with E-state index >= 15 is 0 Å². The quantitative estimate of drug-likeness (QED) is 0.808. The second-order valence-corrected chi connectivity index (χ2v) is 5.21. The van der Waals surface area contributed by atoms with E-state index in [2.05, 4.69) is 41.1 Å². The number of aromatic nitrogens is 4. The van der Waals surface area contributed by atoms with E-state index in [4.69, 9.17) is 9.05 Å². The zero-order chi connectivity index (χ0) is 12.5. The molecule has 0 spiro atoms. The van der Waals surface area contributed by atoms with Crippen LogP contribution in [0.25, 0.3) is 0 Å². The molecule has 2 heterocycles. The lowest BCUT2D eigenvalue weighted by Gasteiger charge is -2.05. The van der Waals surface area contributed by atoms with E-state index in [1.54, 1.807) is 0 Å². The van der Waals surface area contributed by atoms with Gasteiger partial charge in [-0.2, -0.15) is 4.98 Å². The number of nitrogens with one attached hydrogen (secondary N) is 1. The van der Waals surface area contributed by atoms with Gasteiger partial charge in [-0.15, -0.1) is 0 Å². The Kier molecular flexibility index (Phi) is 2.95. The van der Waals surface area contributed by atoms with Crippen LogP contribution >= 0.6 is 0 Å². The summed E-state index contributed by atoms with van der Waals surface area (Å²) in [6.07, 6.45) is 2.06. The standard InChI is InChI=1S/C11H16N4O2/c1-7(9-12-6-13-17-9)5-8-14-10(15-16-8)11(2,3)4/h6-7H,5H2,1-4H3/p+1. The second-order valence-electron chi connectivity index (χ2n) is 5.21. The number of nitrogens with zero attached hydrogens (tertiary/aromatic N) is 3. The van der Waals surface area contributed by atoms with Gasteiger partial charge in [-0.3, -0.25) is 0 Å². The minimum absolute atomic E-state index is 0.0462. The number of rotatable bonds is 3. The van der Waals surface area contributed by atoms with Crippen molar-refractivity contribution in [2.45, 2.75) is 45.4 Å². The van der Waals surface area contributed by atoms with Crippen LogP contribution in [0, 0.1) is 0 Å². The average Bonchev–Trinajstić information content (AvgIpc) is 2.85. The lowest BCUT2D eigenvalue weighted by Crippen LogP contribution is -2.24. The summed E-state index contributed by atoms with van der Waals surface area (Å²) in [6.45, 7) is 8.23. The van der Waals surface area contributed by atoms with Gasteiger partial charge in [-0.05, 0) is 20.8 Å². The monoisotopic (exact) mass is 237 g/mol. The molecule has 17 heavy (non-hydrogen) atoms. The van der Waals surface area contributed by atoms with Crippen LogP contribution in [0.2, 0.25) is 0 Å². The molecule has 0 aliphatic carbocycles. The third-order valence-electron chi connectivity index (χ3n) is 2.51. The molecule has 92 valence electrons. The minimum atomic E-state index is -0.0462. The Hall–Kier alpha value is -1.72. The summed E-state index contributed by atoms with van der Waals surface area (Å²) in [6, 6.07) is 0. The molecule has 0 bridgehead atoms. The van der Waals surface area contributed by atoms with Crippen molar-refractivity contribution in [2.24, 2.45) is 0 Å². The van der Waals surface area contributed by atoms with Crippen LogP contribution in [0.4, 0.5) is 0 Å². The number of aromatic amines is 1. The molecule has 1 atom stereocenters. The van der Waals surface area contributed by atoms with Crippen LogP contribution in [-0.2, 0) is 11.8 Å². The van der Waals surface area contributed by atoms with Crippen molar-refractivity contribution in [3.63, 3.8) is 0 Å². The number of hydrogen-bond acceptors (Lipinski definition) is 5. The maximum Gasteiger partial charge on any atom is 0.351 e. The molecule has 6 nitrogen and oxygen atoms in total. The Morgan fingerprint density at radius 3 is 2.65 bits per heavy atom. The maximum absolute atomic E-state index is 5.26. The summed E-state index contributed by atoms with van der Waals surface area (Å²) in [5, 5.41) is 7.61. The fraction of sp³-hybridized carbons (Fsp3) is 0.636. The zero-order valence-electron chi connectivity index (χ0n) is 10.5. The smallest absolute Gasteiger partial charge is 0.339 e. The van der Waals surface area contributed by atoms with Gasteiger partial charge < -0.3 is 4.52 Å². The van der Waals surface area contributed by atoms with E-state index < -0.39 is 0 Å². The molecule has 1 N–H and O–H groups in total. The SMILES string of the molecule is CC(Cc1[nH+]c(C(C)(C)C)no1)c1ncno1. The van der Waals surface area contributed by atoms with Gasteiger partial charge in [0.15, 0.2) is 11.5 Å². The third-order valence-corrected chi connectivity index (χ3v) is 2.51. The normalized spacial score (nSPS) is 13.9. The topological polar surface area (TPSA) is 79.1 Å². The molecule has 2 rings (SSSR count). The fourth-order valence-electron chi connectivity index (χ4n) is 1.46. The molecule has 0 aliphatic heterocycles. The minimum Gasteiger partial charge on any atom is -0.339 e. The van der Waals surface area contributed by atoms with Gasteiger partial charge in [0, 0.05) is 5.92 Å². The van der Waals surface area contributed by atoms with Gasteiger partial charge in [-0.1, -0.05) is 12.1 Å². The van der Waals surface area contributed by atoms with Crippen LogP contribution in [0.15, 0.2) is 15.4 Å². The molecular weight excluding hydrogens is 220 g/mol. The van der Waals surface area contributed by atoms with Gasteiger partial charge >= 0.3 is 11.7 Å². The number of H-pyrrole nitrogens is 1. The largest absolute Gasteiger partial charge is 0.351 e. The first kappa shape index (κ1) is 11.8. The molecule has 0 aliphatic rings. The zero-order valence-corrected chi connectivity index (χ0v) is 10.5. The predicted octanol–water partition coefficient (Wildman–Crippen LogP) is 1.52. The summed E-state index contributed by atoms with van der Waals surface area (Å²) in [5.41, 5.74) is -0.0462. The maximum atomic E-state index is 5.26. The van der Waals surface area contributed by atoms with Crippen molar-refractivity contribution in [3.05, 3.63) is 23.9 Å². The molecule has 1 unspecified atom stereocenters. The lowest BCUT2D eigenvalue weighted by atomic mass is 9.96. The summed E-state index contributed by atoms with van der Waals surface area (Å²) < 4.78 is 10.3. The highest BCUT2D eigenvalue weighted by atomic mass is 16.5. The molecule has 0 saturated carbocycles. The van der Waals surface area contributed by atoms with Crippen LogP contribution in [-0.4, -0.2) is 15.3 Å². The summed E-state index contributed by atoms with van der Waals surface area (Å²) >= 11 is 0. The van der Waals surface area contributed by atoms with Crippen molar-refractivity contribution in [1.82, 2.24) is 15.3 Å². The first-order valence-electron chi connectivity index (χ1n) is 5.61. The fourth-order valence-corrected chi connectivity index (χ4v) is 1.46. The Labute approximate surface area is 99.4 Å². The third kappa shape index (κ3) is 2.69. The van der Waals surface area contributed by atoms with Crippen LogP contribution in [0.3, 0.4) is 0 Å². The predicted molar refractivity (Wildman–Crippen MR) is 58.2 cm³/mol. The molecule has 0 radical (unpaired) electrons. The number of hydrogen-bond donors (Lipinski definition) is 0. The molecule has 0 amide bonds. The lowest BCUT2D eigenvalue weighted by molar-refractivity contribution is -0.415. The van der Waals surface area contributed by atoms with E-state index in [9.17, 15) is 0 Å². The van der Waals surface area contributed by atoms with E-state index in [1.807, 2.05) is 6.92 Å². The molecule has 0 fully saturated rings. The van der Waals surface area contributed by atoms with Crippen molar-refractivity contribution < 1.29 is 14.0 Å². The van der Waals surface area contributed by atoms with E-state index in [1.165, 1.54) is 6.33 Å². The Morgan fingerprint density at radius 1 is 1.35 bits per heavy atom. The highest BCUT2D eigenvalue weighted by Crippen LogP contribution is 2.18. The van der Waals surface area contributed by atoms with Gasteiger partial charge in [-0.25, -0.2) is 9.51 Å². The molecule has 2 aromatic heterocycles. The summed E-state index contributed by atoms with van der Waals surface area (Å²) in [7, 11) is 0. The first-order chi connectivity index (χ1) is 7.97. The summed E-state index contributed by atoms with van der Waals surface area (Å²) in [5.74, 6) is 2.27. The van der Waals surface area contributed by atoms with Crippen LogP contribution < -0.4 is 4.98 Å². The van der Waals surface area contributed by atoms with Crippen molar-refractivity contribution in [3.8, 4) is 0 Å². The van der Waals surface area contributed by atoms with Crippen molar-refractivity contribution >= 4 is 0 Å². The first-order valence-corrected chi connectivity index (χ1v) is 5.61. The van der Waals surface area contributed by atoms with Crippen LogP contribution in [0.5, 0.6) is 0 Å². The molecule has 0 aromatic carbocycles. The Balaban J connectivity index is 2.07. The van der Waals surface area contributed by atoms with Gasteiger partial charge in [0.05, 0.1) is 11.8 Å². The molecule has 2 aromatic rings. The average molecular weight is 237 g/mol. The van der Waals surface area contributed by atoms with Crippen molar-refractivity contribution in [2.75, 3.05) is 0 Å². The van der Waals surface area contributed by atoms with Gasteiger partial charge in [0.25, 0.3) is 0 Å². The van der Waals surface area contributed by atoms with Crippen LogP contribution in [0.1, 0.15) is 51.2 Å². The second kappa shape index (κ2) is 4.27. The Morgan fingerprint density at radius 2 is 2.12 bits per heavy atom. The van der Waals surface area contributed by atoms with E-state index in [0.717, 1.165) is 11.7 Å². The summed E-state index contributed by atoms with van der Waals surface area (Å²) in [4.78, 5) is 7.19. The molecule has 6 heteroatoms. The highest BCUT2D eigenvalue weighted by Gasteiger charge is 2.29.